The summed E-state index contributed by atoms with van der Waals surface area (Å²) in [5, 5.41) is 0. The maximum absolute atomic E-state index is 5.66. The molecule has 0 saturated carbocycles. The van der Waals surface area contributed by atoms with Crippen molar-refractivity contribution in [3.05, 3.63) is 41.0 Å². The zero-order valence-corrected chi connectivity index (χ0v) is 14.9. The van der Waals surface area contributed by atoms with Crippen molar-refractivity contribution in [2.75, 3.05) is 34.3 Å². The first-order valence-electron chi connectivity index (χ1n) is 8.82. The molecule has 0 aromatic heterocycles. The van der Waals surface area contributed by atoms with Crippen LogP contribution in [-0.2, 0) is 12.8 Å². The summed E-state index contributed by atoms with van der Waals surface area (Å²) >= 11 is 0. The summed E-state index contributed by atoms with van der Waals surface area (Å²) in [5.74, 6) is 3.90. The van der Waals surface area contributed by atoms with Crippen molar-refractivity contribution in [1.82, 2.24) is 4.90 Å². The number of methoxy groups -OCH3 is 1. The van der Waals surface area contributed by atoms with Crippen molar-refractivity contribution < 1.29 is 23.7 Å². The Kier molecular flexibility index (Phi) is 3.60. The van der Waals surface area contributed by atoms with E-state index < -0.39 is 0 Å². The lowest BCUT2D eigenvalue weighted by molar-refractivity contribution is 0.171. The Bertz CT molecular complexity index is 866. The molecule has 26 heavy (non-hydrogen) atoms. The van der Waals surface area contributed by atoms with E-state index in [0.717, 1.165) is 47.9 Å². The number of hydrogen-bond donors (Lipinski definition) is 0. The number of nitrogens with zero attached hydrogens (tertiary/aromatic N) is 1. The van der Waals surface area contributed by atoms with Gasteiger partial charge in [0.2, 0.25) is 19.3 Å². The van der Waals surface area contributed by atoms with Gasteiger partial charge < -0.3 is 23.7 Å². The second-order valence-corrected chi connectivity index (χ2v) is 6.85. The van der Waals surface area contributed by atoms with E-state index in [2.05, 4.69) is 30.1 Å². The summed E-state index contributed by atoms with van der Waals surface area (Å²) in [7, 11) is 3.84. The Balaban J connectivity index is 1.54. The summed E-state index contributed by atoms with van der Waals surface area (Å²) in [5.41, 5.74) is 3.74. The normalized spacial score (nSPS) is 20.2. The standard InChI is InChI=1S/C20H21NO5/c1-21-6-5-12-8-17-18(25-10-24-17)9-14(12)15(21)7-13-3-4-16-20(19(13)22-2)26-11-23-16/h3-4,8-9,15H,5-7,10-11H2,1-2H3. The molecule has 0 bridgehead atoms. The van der Waals surface area contributed by atoms with E-state index in [-0.39, 0.29) is 12.8 Å². The quantitative estimate of drug-likeness (QED) is 0.844. The van der Waals surface area contributed by atoms with Gasteiger partial charge >= 0.3 is 0 Å². The number of fused-ring (bicyclic) bond motifs is 3. The minimum absolute atomic E-state index is 0.238. The zero-order valence-electron chi connectivity index (χ0n) is 14.9. The molecule has 5 rings (SSSR count). The van der Waals surface area contributed by atoms with Crippen molar-refractivity contribution >= 4 is 0 Å². The van der Waals surface area contributed by atoms with Crippen LogP contribution in [-0.4, -0.2) is 39.2 Å². The lowest BCUT2D eigenvalue weighted by Crippen LogP contribution is -2.33. The molecule has 1 unspecified atom stereocenters. The molecule has 1 atom stereocenters. The SMILES string of the molecule is COc1c(CC2c3cc4c(cc3CCN2C)OCO4)ccc2c1OCO2. The number of ether oxygens (including phenoxy) is 5. The van der Waals surface area contributed by atoms with E-state index in [4.69, 9.17) is 23.7 Å². The molecule has 6 nitrogen and oxygen atoms in total. The van der Waals surface area contributed by atoms with Crippen LogP contribution in [0.3, 0.4) is 0 Å². The van der Waals surface area contributed by atoms with Gasteiger partial charge in [-0.15, -0.1) is 0 Å². The average molecular weight is 355 g/mol. The molecule has 0 radical (unpaired) electrons. The Morgan fingerprint density at radius 1 is 1.04 bits per heavy atom. The second-order valence-electron chi connectivity index (χ2n) is 6.85. The van der Waals surface area contributed by atoms with Gasteiger partial charge in [-0.25, -0.2) is 0 Å². The molecule has 0 amide bonds. The fourth-order valence-corrected chi connectivity index (χ4v) is 4.06. The summed E-state index contributed by atoms with van der Waals surface area (Å²) in [6.45, 7) is 1.55. The predicted molar refractivity (Wildman–Crippen MR) is 94.5 cm³/mol. The Morgan fingerprint density at radius 2 is 1.81 bits per heavy atom. The number of rotatable bonds is 3. The van der Waals surface area contributed by atoms with Crippen molar-refractivity contribution in [2.24, 2.45) is 0 Å². The van der Waals surface area contributed by atoms with Gasteiger partial charge in [-0.05, 0) is 49.2 Å². The van der Waals surface area contributed by atoms with Gasteiger partial charge in [0, 0.05) is 18.2 Å². The maximum atomic E-state index is 5.66. The van der Waals surface area contributed by atoms with E-state index in [1.165, 1.54) is 11.1 Å². The molecule has 2 aromatic carbocycles. The van der Waals surface area contributed by atoms with Crippen LogP contribution < -0.4 is 23.7 Å². The van der Waals surface area contributed by atoms with Crippen molar-refractivity contribution in [3.63, 3.8) is 0 Å². The Morgan fingerprint density at radius 3 is 2.65 bits per heavy atom. The molecule has 0 fully saturated rings. The first kappa shape index (κ1) is 15.6. The third-order valence-corrected chi connectivity index (χ3v) is 5.45. The second kappa shape index (κ2) is 5.99. The zero-order chi connectivity index (χ0) is 17.7. The highest BCUT2D eigenvalue weighted by Gasteiger charge is 2.30. The predicted octanol–water partition coefficient (Wildman–Crippen LogP) is 2.92. The molecule has 0 aliphatic carbocycles. The summed E-state index contributed by atoms with van der Waals surface area (Å²) in [6, 6.07) is 8.54. The average Bonchev–Trinajstić information content (AvgIpc) is 3.30. The molecule has 0 N–H and O–H groups in total. The van der Waals surface area contributed by atoms with Crippen LogP contribution in [0, 0.1) is 0 Å². The first-order chi connectivity index (χ1) is 12.7. The lowest BCUT2D eigenvalue weighted by atomic mass is 9.88. The van der Waals surface area contributed by atoms with E-state index in [9.17, 15) is 0 Å². The minimum Gasteiger partial charge on any atom is -0.492 e. The molecule has 2 aromatic rings. The van der Waals surface area contributed by atoms with Gasteiger partial charge in [0.05, 0.1) is 7.11 Å². The van der Waals surface area contributed by atoms with Crippen LogP contribution >= 0.6 is 0 Å². The fourth-order valence-electron chi connectivity index (χ4n) is 4.06. The van der Waals surface area contributed by atoms with Crippen LogP contribution in [0.5, 0.6) is 28.7 Å². The van der Waals surface area contributed by atoms with E-state index in [1.54, 1.807) is 7.11 Å². The van der Waals surface area contributed by atoms with E-state index >= 15 is 0 Å². The van der Waals surface area contributed by atoms with Crippen molar-refractivity contribution in [1.29, 1.82) is 0 Å². The smallest absolute Gasteiger partial charge is 0.231 e. The largest absolute Gasteiger partial charge is 0.492 e. The highest BCUT2D eigenvalue weighted by atomic mass is 16.7. The van der Waals surface area contributed by atoms with Gasteiger partial charge in [-0.3, -0.25) is 4.90 Å². The van der Waals surface area contributed by atoms with Crippen LogP contribution in [0.25, 0.3) is 0 Å². The third-order valence-electron chi connectivity index (χ3n) is 5.45. The Hall–Kier alpha value is -2.60. The third kappa shape index (κ3) is 2.36. The van der Waals surface area contributed by atoms with E-state index in [1.807, 2.05) is 6.07 Å². The molecule has 3 aliphatic rings. The minimum atomic E-state index is 0.238. The van der Waals surface area contributed by atoms with Crippen LogP contribution in [0.15, 0.2) is 24.3 Å². The monoisotopic (exact) mass is 355 g/mol. The molecule has 3 aliphatic heterocycles. The van der Waals surface area contributed by atoms with E-state index in [0.29, 0.717) is 12.5 Å². The molecule has 0 spiro atoms. The first-order valence-corrected chi connectivity index (χ1v) is 8.82. The van der Waals surface area contributed by atoms with Crippen LogP contribution in [0.4, 0.5) is 0 Å². The number of hydrogen-bond acceptors (Lipinski definition) is 6. The molecule has 3 heterocycles. The molecule has 136 valence electrons. The highest BCUT2D eigenvalue weighted by Crippen LogP contribution is 2.46. The molecule has 0 saturated heterocycles. The van der Waals surface area contributed by atoms with Gasteiger partial charge in [0.15, 0.2) is 23.0 Å². The highest BCUT2D eigenvalue weighted by molar-refractivity contribution is 5.58. The van der Waals surface area contributed by atoms with Gasteiger partial charge in [-0.2, -0.15) is 0 Å². The van der Waals surface area contributed by atoms with Crippen molar-refractivity contribution in [3.8, 4) is 28.7 Å². The molecule has 6 heteroatoms. The van der Waals surface area contributed by atoms with Gasteiger partial charge in [0.1, 0.15) is 0 Å². The van der Waals surface area contributed by atoms with Gasteiger partial charge in [-0.1, -0.05) is 6.07 Å². The number of benzene rings is 2. The van der Waals surface area contributed by atoms with Crippen molar-refractivity contribution in [2.45, 2.75) is 18.9 Å². The Labute approximate surface area is 152 Å². The summed E-state index contributed by atoms with van der Waals surface area (Å²) in [4.78, 5) is 2.38. The summed E-state index contributed by atoms with van der Waals surface area (Å²) < 4.78 is 27.9. The van der Waals surface area contributed by atoms with Gasteiger partial charge in [0.25, 0.3) is 0 Å². The summed E-state index contributed by atoms with van der Waals surface area (Å²) in [6.07, 6.45) is 1.83. The number of likely N-dealkylation sites (N-methyl/N-ethyl adjacent to an activating group) is 1. The van der Waals surface area contributed by atoms with Crippen LogP contribution in [0.1, 0.15) is 22.7 Å². The lowest BCUT2D eigenvalue weighted by Gasteiger charge is -2.35. The maximum Gasteiger partial charge on any atom is 0.231 e. The fraction of sp³-hybridized carbons (Fsp3) is 0.400. The van der Waals surface area contributed by atoms with Crippen LogP contribution in [0.2, 0.25) is 0 Å². The molecular formula is C20H21NO5. The topological polar surface area (TPSA) is 49.4 Å². The molecular weight excluding hydrogens is 334 g/mol.